The largest absolute Gasteiger partial charge is 0.339 e. The van der Waals surface area contributed by atoms with Gasteiger partial charge in [-0.05, 0) is 48.6 Å². The van der Waals surface area contributed by atoms with Crippen molar-refractivity contribution in [2.24, 2.45) is 5.92 Å². The summed E-state index contributed by atoms with van der Waals surface area (Å²) in [5.41, 5.74) is 1.56. The Hall–Kier alpha value is -1.94. The number of nitrogens with zero attached hydrogens (tertiary/aromatic N) is 1. The van der Waals surface area contributed by atoms with Gasteiger partial charge in [0.25, 0.3) is 0 Å². The topological polar surface area (TPSA) is 20.3 Å². The number of amides is 1. The monoisotopic (exact) mass is 349 g/mol. The van der Waals surface area contributed by atoms with E-state index in [4.69, 9.17) is 11.6 Å². The van der Waals surface area contributed by atoms with Crippen molar-refractivity contribution in [3.63, 3.8) is 0 Å². The predicted octanol–water partition coefficient (Wildman–Crippen LogP) is 4.94. The molecule has 5 heteroatoms. The van der Waals surface area contributed by atoms with Gasteiger partial charge in [0.2, 0.25) is 5.91 Å². The highest BCUT2D eigenvalue weighted by Crippen LogP contribution is 2.50. The number of carbonyl (C=O) groups excluding carboxylic acids is 1. The maximum atomic E-state index is 13.4. The highest BCUT2D eigenvalue weighted by Gasteiger charge is 2.46. The van der Waals surface area contributed by atoms with Crippen LogP contribution in [0.1, 0.15) is 36.4 Å². The molecule has 2 aromatic rings. The Morgan fingerprint density at radius 2 is 1.92 bits per heavy atom. The van der Waals surface area contributed by atoms with E-state index in [-0.39, 0.29) is 23.8 Å². The third-order valence-electron chi connectivity index (χ3n) is 4.77. The maximum absolute atomic E-state index is 13.4. The zero-order valence-electron chi connectivity index (χ0n) is 13.5. The Morgan fingerprint density at radius 1 is 1.21 bits per heavy atom. The maximum Gasteiger partial charge on any atom is 0.226 e. The molecule has 2 nitrogen and oxygen atoms in total. The van der Waals surface area contributed by atoms with Gasteiger partial charge < -0.3 is 4.90 Å². The lowest BCUT2D eigenvalue weighted by molar-refractivity contribution is -0.133. The second-order valence-corrected chi connectivity index (χ2v) is 6.68. The number of hydrogen-bond donors (Lipinski definition) is 0. The van der Waals surface area contributed by atoms with E-state index >= 15 is 0 Å². The third-order valence-corrected chi connectivity index (χ3v) is 5.11. The van der Waals surface area contributed by atoms with Crippen LogP contribution in [0.4, 0.5) is 8.78 Å². The van der Waals surface area contributed by atoms with Crippen LogP contribution in [0.2, 0.25) is 5.02 Å². The zero-order valence-corrected chi connectivity index (χ0v) is 14.2. The fourth-order valence-corrected chi connectivity index (χ4v) is 3.31. The number of halogens is 3. The third kappa shape index (κ3) is 3.16. The summed E-state index contributed by atoms with van der Waals surface area (Å²) in [6, 6.07) is 10.9. The number of rotatable bonds is 4. The van der Waals surface area contributed by atoms with Crippen LogP contribution >= 0.6 is 11.6 Å². The van der Waals surface area contributed by atoms with Gasteiger partial charge >= 0.3 is 0 Å². The molecule has 3 unspecified atom stereocenters. The molecule has 1 amide bonds. The summed E-state index contributed by atoms with van der Waals surface area (Å²) in [4.78, 5) is 14.3. The fraction of sp³-hybridized carbons (Fsp3) is 0.316. The van der Waals surface area contributed by atoms with E-state index in [1.165, 1.54) is 6.07 Å². The minimum Gasteiger partial charge on any atom is -0.339 e. The molecule has 24 heavy (non-hydrogen) atoms. The van der Waals surface area contributed by atoms with E-state index in [2.05, 4.69) is 0 Å². The normalized spacial score (nSPS) is 20.5. The van der Waals surface area contributed by atoms with Crippen molar-refractivity contribution in [1.29, 1.82) is 0 Å². The van der Waals surface area contributed by atoms with Gasteiger partial charge in [0.15, 0.2) is 11.6 Å². The fourth-order valence-electron chi connectivity index (χ4n) is 3.04. The average Bonchev–Trinajstić information content (AvgIpc) is 3.36. The van der Waals surface area contributed by atoms with Gasteiger partial charge in [0.1, 0.15) is 0 Å². The summed E-state index contributed by atoms with van der Waals surface area (Å²) in [5.74, 6) is -1.77. The van der Waals surface area contributed by atoms with Crippen LogP contribution in [0.15, 0.2) is 42.5 Å². The Bertz CT molecular complexity index is 780. The molecule has 2 aromatic carbocycles. The standard InChI is InChI=1S/C19H18ClF2NO/c1-11(12-7-8-17(21)18(22)9-12)23(2)19(24)15-10-14(15)13-5-3-4-6-16(13)20/h3-9,11,14-15H,10H2,1-2H3. The molecule has 1 aliphatic rings. The van der Waals surface area contributed by atoms with Crippen LogP contribution in [0.3, 0.4) is 0 Å². The first kappa shape index (κ1) is 16.9. The molecule has 1 saturated carbocycles. The molecule has 1 aliphatic carbocycles. The minimum absolute atomic E-state index is 0.00264. The van der Waals surface area contributed by atoms with Gasteiger partial charge in [-0.1, -0.05) is 35.9 Å². The number of hydrogen-bond acceptors (Lipinski definition) is 1. The molecule has 1 fully saturated rings. The summed E-state index contributed by atoms with van der Waals surface area (Å²) < 4.78 is 26.5. The summed E-state index contributed by atoms with van der Waals surface area (Å²) in [6.07, 6.45) is 0.761. The van der Waals surface area contributed by atoms with E-state index in [1.54, 1.807) is 18.9 Å². The van der Waals surface area contributed by atoms with Crippen molar-refractivity contribution in [3.05, 3.63) is 70.2 Å². The van der Waals surface area contributed by atoms with Gasteiger partial charge in [0.05, 0.1) is 6.04 Å². The van der Waals surface area contributed by atoms with E-state index < -0.39 is 11.6 Å². The lowest BCUT2D eigenvalue weighted by atomic mass is 10.1. The number of benzene rings is 2. The Labute approximate surface area is 145 Å². The molecule has 0 spiro atoms. The van der Waals surface area contributed by atoms with Gasteiger partial charge in [-0.25, -0.2) is 8.78 Å². The first-order chi connectivity index (χ1) is 11.4. The van der Waals surface area contributed by atoms with Gasteiger partial charge in [-0.15, -0.1) is 0 Å². The lowest BCUT2D eigenvalue weighted by Crippen LogP contribution is -2.31. The van der Waals surface area contributed by atoms with Gasteiger partial charge in [0, 0.05) is 18.0 Å². The Balaban J connectivity index is 1.71. The van der Waals surface area contributed by atoms with Crippen molar-refractivity contribution in [1.82, 2.24) is 4.90 Å². The van der Waals surface area contributed by atoms with E-state index in [0.29, 0.717) is 10.6 Å². The quantitative estimate of drug-likeness (QED) is 0.765. The molecule has 0 heterocycles. The van der Waals surface area contributed by atoms with Crippen molar-refractivity contribution in [2.45, 2.75) is 25.3 Å². The molecule has 0 N–H and O–H groups in total. The Morgan fingerprint density at radius 3 is 2.58 bits per heavy atom. The molecule has 0 radical (unpaired) electrons. The zero-order chi connectivity index (χ0) is 17.4. The number of carbonyl (C=O) groups is 1. The highest BCUT2D eigenvalue weighted by molar-refractivity contribution is 6.31. The molecular formula is C19H18ClF2NO. The first-order valence-electron chi connectivity index (χ1n) is 7.86. The molecule has 126 valence electrons. The summed E-state index contributed by atoms with van der Waals surface area (Å²) >= 11 is 6.20. The highest BCUT2D eigenvalue weighted by atomic mass is 35.5. The second kappa shape index (κ2) is 6.52. The molecule has 0 bridgehead atoms. The van der Waals surface area contributed by atoms with Crippen molar-refractivity contribution < 1.29 is 13.6 Å². The van der Waals surface area contributed by atoms with E-state index in [9.17, 15) is 13.6 Å². The first-order valence-corrected chi connectivity index (χ1v) is 8.24. The summed E-state index contributed by atoms with van der Waals surface area (Å²) in [6.45, 7) is 1.80. The predicted molar refractivity (Wildman–Crippen MR) is 89.8 cm³/mol. The van der Waals surface area contributed by atoms with Crippen molar-refractivity contribution in [3.8, 4) is 0 Å². The molecule has 0 aliphatic heterocycles. The minimum atomic E-state index is -0.902. The van der Waals surface area contributed by atoms with Crippen molar-refractivity contribution in [2.75, 3.05) is 7.05 Å². The van der Waals surface area contributed by atoms with Crippen LogP contribution < -0.4 is 0 Å². The average molecular weight is 350 g/mol. The summed E-state index contributed by atoms with van der Waals surface area (Å²) in [7, 11) is 1.69. The lowest BCUT2D eigenvalue weighted by Gasteiger charge is -2.26. The van der Waals surface area contributed by atoms with Crippen LogP contribution in [0.25, 0.3) is 0 Å². The van der Waals surface area contributed by atoms with Crippen molar-refractivity contribution >= 4 is 17.5 Å². The molecule has 0 saturated heterocycles. The smallest absolute Gasteiger partial charge is 0.226 e. The van der Waals surface area contributed by atoms with Crippen LogP contribution in [0, 0.1) is 17.6 Å². The molecule has 3 rings (SSSR count). The van der Waals surface area contributed by atoms with E-state index in [1.807, 2.05) is 24.3 Å². The molecule has 3 atom stereocenters. The SMILES string of the molecule is CC(c1ccc(F)c(F)c1)N(C)C(=O)C1CC1c1ccccc1Cl. The van der Waals surface area contributed by atoms with Crippen LogP contribution in [-0.4, -0.2) is 17.9 Å². The second-order valence-electron chi connectivity index (χ2n) is 6.27. The van der Waals surface area contributed by atoms with Crippen LogP contribution in [-0.2, 0) is 4.79 Å². The Kier molecular flexibility index (Phi) is 4.59. The summed E-state index contributed by atoms with van der Waals surface area (Å²) in [5, 5.41) is 0.675. The molecule has 0 aromatic heterocycles. The van der Waals surface area contributed by atoms with Gasteiger partial charge in [-0.3, -0.25) is 4.79 Å². The molecular weight excluding hydrogens is 332 g/mol. The van der Waals surface area contributed by atoms with Crippen LogP contribution in [0.5, 0.6) is 0 Å². The van der Waals surface area contributed by atoms with E-state index in [0.717, 1.165) is 24.1 Å². The van der Waals surface area contributed by atoms with Gasteiger partial charge in [-0.2, -0.15) is 0 Å².